The molecule has 0 saturated carbocycles. The molecule has 1 aliphatic rings. The van der Waals surface area contributed by atoms with Crippen LogP contribution >= 0.6 is 0 Å². The molecule has 3 aromatic rings. The van der Waals surface area contributed by atoms with Crippen molar-refractivity contribution in [1.29, 1.82) is 0 Å². The van der Waals surface area contributed by atoms with E-state index in [2.05, 4.69) is 15.1 Å². The summed E-state index contributed by atoms with van der Waals surface area (Å²) in [6, 6.07) is 15.3. The maximum Gasteiger partial charge on any atom is 0.227 e. The molecule has 0 bridgehead atoms. The zero-order valence-electron chi connectivity index (χ0n) is 16.5. The number of anilines is 1. The molecule has 7 nitrogen and oxygen atoms in total. The van der Waals surface area contributed by atoms with E-state index in [0.717, 1.165) is 30.2 Å². The van der Waals surface area contributed by atoms with Gasteiger partial charge in [0.05, 0.1) is 19.3 Å². The molecule has 0 atom stereocenters. The summed E-state index contributed by atoms with van der Waals surface area (Å²) in [5.41, 5.74) is 1.71. The second-order valence-electron chi connectivity index (χ2n) is 6.88. The highest BCUT2D eigenvalue weighted by Gasteiger charge is 2.22. The lowest BCUT2D eigenvalue weighted by Gasteiger charge is -2.35. The quantitative estimate of drug-likeness (QED) is 0.642. The highest BCUT2D eigenvalue weighted by molar-refractivity contribution is 5.79. The number of benzene rings is 1. The van der Waals surface area contributed by atoms with Gasteiger partial charge < -0.3 is 19.0 Å². The van der Waals surface area contributed by atoms with Crippen LogP contribution in [0.15, 0.2) is 59.2 Å². The molecule has 0 N–H and O–H groups in total. The normalized spacial score (nSPS) is 14.1. The van der Waals surface area contributed by atoms with Gasteiger partial charge in [-0.25, -0.2) is 0 Å². The molecular formula is C22H24N4O3. The van der Waals surface area contributed by atoms with E-state index in [1.807, 2.05) is 60.4 Å². The summed E-state index contributed by atoms with van der Waals surface area (Å²) < 4.78 is 10.8. The summed E-state index contributed by atoms with van der Waals surface area (Å²) in [6.07, 6.45) is 2.03. The number of rotatable bonds is 6. The number of amides is 1. The fraction of sp³-hybridized carbons (Fsp3) is 0.318. The van der Waals surface area contributed by atoms with E-state index < -0.39 is 0 Å². The molecule has 0 spiro atoms. The molecule has 150 valence electrons. The van der Waals surface area contributed by atoms with Crippen molar-refractivity contribution in [2.45, 2.75) is 13.3 Å². The van der Waals surface area contributed by atoms with Crippen LogP contribution in [0.4, 0.5) is 5.82 Å². The van der Waals surface area contributed by atoms with Gasteiger partial charge >= 0.3 is 0 Å². The average molecular weight is 392 g/mol. The SMILES string of the molecule is CCOc1ccc(CC(=O)N2CCN(c3ccc(-c4ccco4)nn3)CC2)cc1. The van der Waals surface area contributed by atoms with Crippen LogP contribution in [0.5, 0.6) is 5.75 Å². The minimum absolute atomic E-state index is 0.146. The fourth-order valence-corrected chi connectivity index (χ4v) is 3.39. The van der Waals surface area contributed by atoms with Crippen molar-refractivity contribution in [3.05, 3.63) is 60.4 Å². The molecule has 0 unspecified atom stereocenters. The number of ether oxygens (including phenoxy) is 1. The van der Waals surface area contributed by atoms with Crippen LogP contribution in [0.3, 0.4) is 0 Å². The van der Waals surface area contributed by atoms with Crippen molar-refractivity contribution in [2.24, 2.45) is 0 Å². The van der Waals surface area contributed by atoms with Gasteiger partial charge in [0.1, 0.15) is 11.4 Å². The van der Waals surface area contributed by atoms with Gasteiger partial charge in [0.15, 0.2) is 11.6 Å². The van der Waals surface area contributed by atoms with Gasteiger partial charge in [-0.3, -0.25) is 4.79 Å². The molecule has 4 rings (SSSR count). The molecule has 1 amide bonds. The highest BCUT2D eigenvalue weighted by atomic mass is 16.5. The Morgan fingerprint density at radius 1 is 1.03 bits per heavy atom. The lowest BCUT2D eigenvalue weighted by Crippen LogP contribution is -2.49. The first kappa shape index (κ1) is 19.0. The predicted octanol–water partition coefficient (Wildman–Crippen LogP) is 3.03. The molecule has 0 radical (unpaired) electrons. The van der Waals surface area contributed by atoms with Crippen LogP contribution in [0.1, 0.15) is 12.5 Å². The van der Waals surface area contributed by atoms with Crippen molar-refractivity contribution >= 4 is 11.7 Å². The zero-order chi connectivity index (χ0) is 20.1. The van der Waals surface area contributed by atoms with E-state index in [0.29, 0.717) is 37.6 Å². The third kappa shape index (κ3) is 4.56. The summed E-state index contributed by atoms with van der Waals surface area (Å²) in [5.74, 6) is 2.50. The number of carbonyl (C=O) groups is 1. The molecule has 0 aliphatic carbocycles. The van der Waals surface area contributed by atoms with Crippen LogP contribution in [-0.2, 0) is 11.2 Å². The van der Waals surface area contributed by atoms with E-state index in [1.54, 1.807) is 6.26 Å². The maximum atomic E-state index is 12.6. The van der Waals surface area contributed by atoms with Crippen LogP contribution < -0.4 is 9.64 Å². The Labute approximate surface area is 169 Å². The smallest absolute Gasteiger partial charge is 0.227 e. The monoisotopic (exact) mass is 392 g/mol. The Balaban J connectivity index is 1.30. The standard InChI is InChI=1S/C22H24N4O3/c1-2-28-18-7-5-17(6-8-18)16-22(27)26-13-11-25(12-14-26)21-10-9-19(23-24-21)20-4-3-15-29-20/h3-10,15H,2,11-14,16H2,1H3. The van der Waals surface area contributed by atoms with Crippen molar-refractivity contribution < 1.29 is 13.9 Å². The van der Waals surface area contributed by atoms with Crippen molar-refractivity contribution in [1.82, 2.24) is 15.1 Å². The first-order chi connectivity index (χ1) is 14.2. The highest BCUT2D eigenvalue weighted by Crippen LogP contribution is 2.20. The van der Waals surface area contributed by atoms with E-state index in [1.165, 1.54) is 0 Å². The Morgan fingerprint density at radius 3 is 2.45 bits per heavy atom. The van der Waals surface area contributed by atoms with Crippen molar-refractivity contribution in [2.75, 3.05) is 37.7 Å². The van der Waals surface area contributed by atoms with Gasteiger partial charge in [0, 0.05) is 26.2 Å². The number of furan rings is 1. The number of piperazine rings is 1. The van der Waals surface area contributed by atoms with Gasteiger partial charge in [-0.2, -0.15) is 0 Å². The number of aromatic nitrogens is 2. The molecule has 1 saturated heterocycles. The molecular weight excluding hydrogens is 368 g/mol. The third-order valence-corrected chi connectivity index (χ3v) is 4.97. The second kappa shape index (κ2) is 8.77. The van der Waals surface area contributed by atoms with Crippen molar-refractivity contribution in [3.63, 3.8) is 0 Å². The molecule has 2 aromatic heterocycles. The largest absolute Gasteiger partial charge is 0.494 e. The van der Waals surface area contributed by atoms with Crippen molar-refractivity contribution in [3.8, 4) is 17.2 Å². The van der Waals surface area contributed by atoms with Gasteiger partial charge in [0.2, 0.25) is 5.91 Å². The summed E-state index contributed by atoms with van der Waals surface area (Å²) in [7, 11) is 0. The summed E-state index contributed by atoms with van der Waals surface area (Å²) in [6.45, 7) is 5.43. The predicted molar refractivity (Wildman–Crippen MR) is 110 cm³/mol. The second-order valence-corrected chi connectivity index (χ2v) is 6.88. The molecule has 1 aromatic carbocycles. The maximum absolute atomic E-state index is 12.6. The fourth-order valence-electron chi connectivity index (χ4n) is 3.39. The zero-order valence-corrected chi connectivity index (χ0v) is 16.5. The van der Waals surface area contributed by atoms with Gasteiger partial charge in [-0.05, 0) is 48.9 Å². The van der Waals surface area contributed by atoms with Gasteiger partial charge in [-0.1, -0.05) is 12.1 Å². The Morgan fingerprint density at radius 2 is 1.83 bits per heavy atom. The number of carbonyl (C=O) groups excluding carboxylic acids is 1. The summed E-state index contributed by atoms with van der Waals surface area (Å²) in [5, 5.41) is 8.57. The molecule has 1 aliphatic heterocycles. The molecule has 29 heavy (non-hydrogen) atoms. The minimum atomic E-state index is 0.146. The number of hydrogen-bond donors (Lipinski definition) is 0. The first-order valence-corrected chi connectivity index (χ1v) is 9.85. The lowest BCUT2D eigenvalue weighted by atomic mass is 10.1. The molecule has 7 heteroatoms. The number of hydrogen-bond acceptors (Lipinski definition) is 6. The lowest BCUT2D eigenvalue weighted by molar-refractivity contribution is -0.130. The van der Waals surface area contributed by atoms with E-state index in [4.69, 9.17) is 9.15 Å². The minimum Gasteiger partial charge on any atom is -0.494 e. The van der Waals surface area contributed by atoms with Crippen LogP contribution in [0.2, 0.25) is 0 Å². The van der Waals surface area contributed by atoms with Crippen LogP contribution in [-0.4, -0.2) is 53.8 Å². The summed E-state index contributed by atoms with van der Waals surface area (Å²) in [4.78, 5) is 16.7. The number of nitrogens with zero attached hydrogens (tertiary/aromatic N) is 4. The third-order valence-electron chi connectivity index (χ3n) is 4.97. The van der Waals surface area contributed by atoms with E-state index in [-0.39, 0.29) is 5.91 Å². The van der Waals surface area contributed by atoms with Gasteiger partial charge in [-0.15, -0.1) is 10.2 Å². The topological polar surface area (TPSA) is 71.7 Å². The van der Waals surface area contributed by atoms with Crippen LogP contribution in [0, 0.1) is 0 Å². The summed E-state index contributed by atoms with van der Waals surface area (Å²) >= 11 is 0. The van der Waals surface area contributed by atoms with Gasteiger partial charge in [0.25, 0.3) is 0 Å². The molecule has 3 heterocycles. The first-order valence-electron chi connectivity index (χ1n) is 9.85. The van der Waals surface area contributed by atoms with E-state index >= 15 is 0 Å². The Bertz CT molecular complexity index is 916. The Kier molecular flexibility index (Phi) is 5.74. The average Bonchev–Trinajstić information content (AvgIpc) is 3.31. The van der Waals surface area contributed by atoms with Crippen LogP contribution in [0.25, 0.3) is 11.5 Å². The molecule has 1 fully saturated rings. The van der Waals surface area contributed by atoms with E-state index in [9.17, 15) is 4.79 Å². The Hall–Kier alpha value is -3.35.